The third-order valence-electron chi connectivity index (χ3n) is 4.87. The minimum Gasteiger partial charge on any atom is -0.348 e. The molecule has 0 aromatic heterocycles. The summed E-state index contributed by atoms with van der Waals surface area (Å²) in [6.45, 7) is 6.05. The molecule has 2 aliphatic heterocycles. The van der Waals surface area contributed by atoms with Crippen LogP contribution in [0, 0.1) is 11.8 Å². The van der Waals surface area contributed by atoms with Crippen LogP contribution in [0.1, 0.15) is 31.9 Å². The Hall–Kier alpha value is -1.14. The minimum absolute atomic E-state index is 0.0346. The van der Waals surface area contributed by atoms with Crippen molar-refractivity contribution in [2.75, 3.05) is 13.1 Å². The molecule has 0 saturated carbocycles. The lowest BCUT2D eigenvalue weighted by atomic mass is 9.88. The Balaban J connectivity index is 1.73. The lowest BCUT2D eigenvalue weighted by molar-refractivity contribution is -0.125. The molecule has 0 spiro atoms. The lowest BCUT2D eigenvalue weighted by Crippen LogP contribution is -2.50. The second kappa shape index (κ2) is 7.18. The SMILES string of the molecule is CC(C)C(NC(=O)C1NNC2CCNCC21)c1ccccc1Cl. The number of hydrogen-bond donors (Lipinski definition) is 4. The lowest BCUT2D eigenvalue weighted by Gasteiger charge is -2.30. The summed E-state index contributed by atoms with van der Waals surface area (Å²) in [5, 5.41) is 7.27. The van der Waals surface area contributed by atoms with E-state index >= 15 is 0 Å². The van der Waals surface area contributed by atoms with E-state index in [1.165, 1.54) is 0 Å². The first-order valence-electron chi connectivity index (χ1n) is 8.34. The number of nitrogens with one attached hydrogen (secondary N) is 4. The molecule has 3 rings (SSSR count). The summed E-state index contributed by atoms with van der Waals surface area (Å²) < 4.78 is 0. The van der Waals surface area contributed by atoms with E-state index < -0.39 is 0 Å². The summed E-state index contributed by atoms with van der Waals surface area (Å²) in [4.78, 5) is 12.8. The number of benzene rings is 1. The van der Waals surface area contributed by atoms with Gasteiger partial charge in [0.2, 0.25) is 5.91 Å². The molecule has 0 radical (unpaired) electrons. The molecular weight excluding hydrogens is 312 g/mol. The zero-order valence-corrected chi connectivity index (χ0v) is 14.4. The van der Waals surface area contributed by atoms with Gasteiger partial charge in [-0.05, 0) is 30.5 Å². The maximum absolute atomic E-state index is 12.8. The zero-order valence-electron chi connectivity index (χ0n) is 13.6. The number of piperidine rings is 1. The second-order valence-electron chi connectivity index (χ2n) is 6.78. The van der Waals surface area contributed by atoms with E-state index in [1.54, 1.807) is 0 Å². The highest BCUT2D eigenvalue weighted by atomic mass is 35.5. The van der Waals surface area contributed by atoms with Crippen molar-refractivity contribution in [1.29, 1.82) is 0 Å². The summed E-state index contributed by atoms with van der Waals surface area (Å²) in [5.41, 5.74) is 7.41. The maximum atomic E-state index is 12.8. The molecule has 4 N–H and O–H groups in total. The summed E-state index contributed by atoms with van der Waals surface area (Å²) in [6, 6.07) is 7.79. The second-order valence-corrected chi connectivity index (χ2v) is 7.19. The first-order chi connectivity index (χ1) is 11.1. The van der Waals surface area contributed by atoms with Gasteiger partial charge in [0, 0.05) is 23.5 Å². The molecule has 5 nitrogen and oxygen atoms in total. The predicted molar refractivity (Wildman–Crippen MR) is 92.0 cm³/mol. The molecule has 4 atom stereocenters. The van der Waals surface area contributed by atoms with Crippen LogP contribution in [0.4, 0.5) is 0 Å². The fourth-order valence-corrected chi connectivity index (χ4v) is 3.80. The standard InChI is InChI=1S/C17H25ClN4O/c1-10(2)15(11-5-3-4-6-13(11)18)20-17(23)16-12-9-19-8-7-14(12)21-22-16/h3-6,10,12,14-16,19,21-22H,7-9H2,1-2H3,(H,20,23). The summed E-state index contributed by atoms with van der Waals surface area (Å²) in [5.74, 6) is 0.573. The van der Waals surface area contributed by atoms with Crippen molar-refractivity contribution in [3.63, 3.8) is 0 Å². The summed E-state index contributed by atoms with van der Waals surface area (Å²) in [7, 11) is 0. The Morgan fingerprint density at radius 2 is 2.09 bits per heavy atom. The predicted octanol–water partition coefficient (Wildman–Crippen LogP) is 1.61. The van der Waals surface area contributed by atoms with Crippen LogP contribution in [0.5, 0.6) is 0 Å². The van der Waals surface area contributed by atoms with Crippen LogP contribution in [-0.4, -0.2) is 31.1 Å². The summed E-state index contributed by atoms with van der Waals surface area (Å²) in [6.07, 6.45) is 1.04. The molecule has 2 fully saturated rings. The van der Waals surface area contributed by atoms with Crippen LogP contribution in [-0.2, 0) is 4.79 Å². The first kappa shape index (κ1) is 16.7. The fourth-order valence-electron chi connectivity index (χ4n) is 3.55. The molecular formula is C17H25ClN4O. The van der Waals surface area contributed by atoms with Gasteiger partial charge in [-0.3, -0.25) is 10.2 Å². The molecule has 0 aliphatic carbocycles. The molecule has 4 unspecified atom stereocenters. The van der Waals surface area contributed by atoms with Crippen LogP contribution in [0.2, 0.25) is 5.02 Å². The molecule has 1 aromatic rings. The number of rotatable bonds is 4. The molecule has 23 heavy (non-hydrogen) atoms. The van der Waals surface area contributed by atoms with Gasteiger partial charge in [-0.1, -0.05) is 43.6 Å². The van der Waals surface area contributed by atoms with E-state index in [4.69, 9.17) is 11.6 Å². The molecule has 1 aromatic carbocycles. The van der Waals surface area contributed by atoms with Gasteiger partial charge in [-0.15, -0.1) is 0 Å². The van der Waals surface area contributed by atoms with Crippen LogP contribution in [0.3, 0.4) is 0 Å². The Kier molecular flexibility index (Phi) is 5.21. The van der Waals surface area contributed by atoms with Gasteiger partial charge >= 0.3 is 0 Å². The first-order valence-corrected chi connectivity index (χ1v) is 8.72. The quantitative estimate of drug-likeness (QED) is 0.674. The molecule has 2 aliphatic rings. The van der Waals surface area contributed by atoms with Crippen molar-refractivity contribution in [1.82, 2.24) is 21.5 Å². The van der Waals surface area contributed by atoms with E-state index in [9.17, 15) is 4.79 Å². The van der Waals surface area contributed by atoms with Crippen LogP contribution >= 0.6 is 11.6 Å². The molecule has 126 valence electrons. The third kappa shape index (κ3) is 3.53. The van der Waals surface area contributed by atoms with E-state index in [1.807, 2.05) is 24.3 Å². The molecule has 0 bridgehead atoms. The largest absolute Gasteiger partial charge is 0.348 e. The average molecular weight is 337 g/mol. The Labute approximate surface area is 142 Å². The smallest absolute Gasteiger partial charge is 0.239 e. The Morgan fingerprint density at radius 1 is 1.30 bits per heavy atom. The molecule has 6 heteroatoms. The van der Waals surface area contributed by atoms with Gasteiger partial charge in [0.1, 0.15) is 6.04 Å². The minimum atomic E-state index is -0.212. The number of fused-ring (bicyclic) bond motifs is 1. The number of carbonyl (C=O) groups is 1. The Bertz CT molecular complexity index is 565. The molecule has 2 saturated heterocycles. The highest BCUT2D eigenvalue weighted by Gasteiger charge is 2.41. The number of amides is 1. The van der Waals surface area contributed by atoms with E-state index in [-0.39, 0.29) is 29.8 Å². The van der Waals surface area contributed by atoms with Crippen molar-refractivity contribution in [2.24, 2.45) is 11.8 Å². The van der Waals surface area contributed by atoms with Gasteiger partial charge in [0.05, 0.1) is 6.04 Å². The fraction of sp³-hybridized carbons (Fsp3) is 0.588. The van der Waals surface area contributed by atoms with Gasteiger partial charge in [-0.2, -0.15) is 0 Å². The van der Waals surface area contributed by atoms with Crippen LogP contribution in [0.15, 0.2) is 24.3 Å². The number of hydrogen-bond acceptors (Lipinski definition) is 4. The topological polar surface area (TPSA) is 65.2 Å². The number of carbonyl (C=O) groups excluding carboxylic acids is 1. The van der Waals surface area contributed by atoms with Crippen LogP contribution < -0.4 is 21.5 Å². The third-order valence-corrected chi connectivity index (χ3v) is 5.21. The van der Waals surface area contributed by atoms with Crippen molar-refractivity contribution < 1.29 is 4.79 Å². The molecule has 2 heterocycles. The van der Waals surface area contributed by atoms with Crippen LogP contribution in [0.25, 0.3) is 0 Å². The zero-order chi connectivity index (χ0) is 16.4. The number of hydrazine groups is 1. The van der Waals surface area contributed by atoms with Gasteiger partial charge in [-0.25, -0.2) is 5.43 Å². The van der Waals surface area contributed by atoms with Gasteiger partial charge in [0.15, 0.2) is 0 Å². The normalized spacial score (nSPS) is 28.4. The number of halogens is 1. The van der Waals surface area contributed by atoms with Crippen molar-refractivity contribution >= 4 is 17.5 Å². The highest BCUT2D eigenvalue weighted by molar-refractivity contribution is 6.31. The van der Waals surface area contributed by atoms with Crippen molar-refractivity contribution in [3.05, 3.63) is 34.9 Å². The van der Waals surface area contributed by atoms with E-state index in [0.29, 0.717) is 11.1 Å². The summed E-state index contributed by atoms with van der Waals surface area (Å²) >= 11 is 6.33. The van der Waals surface area contributed by atoms with Crippen molar-refractivity contribution in [2.45, 2.75) is 38.4 Å². The monoisotopic (exact) mass is 336 g/mol. The van der Waals surface area contributed by atoms with E-state index in [0.717, 1.165) is 25.1 Å². The molecule has 1 amide bonds. The van der Waals surface area contributed by atoms with Gasteiger partial charge < -0.3 is 10.6 Å². The van der Waals surface area contributed by atoms with Gasteiger partial charge in [0.25, 0.3) is 0 Å². The maximum Gasteiger partial charge on any atom is 0.239 e. The Morgan fingerprint density at radius 3 is 2.83 bits per heavy atom. The van der Waals surface area contributed by atoms with Crippen molar-refractivity contribution in [3.8, 4) is 0 Å². The highest BCUT2D eigenvalue weighted by Crippen LogP contribution is 2.29. The average Bonchev–Trinajstić information content (AvgIpc) is 2.97. The van der Waals surface area contributed by atoms with E-state index in [2.05, 4.69) is 35.3 Å².